The Bertz CT molecular complexity index is 393. The fourth-order valence-electron chi connectivity index (χ4n) is 3.82. The molecule has 22 heavy (non-hydrogen) atoms. The number of carbonyl (C=O) groups is 2. The summed E-state index contributed by atoms with van der Waals surface area (Å²) in [4.78, 5) is 26.4. The first-order valence-corrected chi connectivity index (χ1v) is 8.73. The first kappa shape index (κ1) is 17.3. The summed E-state index contributed by atoms with van der Waals surface area (Å²) in [5, 5.41) is 12.5. The molecule has 5 nitrogen and oxygen atoms in total. The number of aliphatic hydroxyl groups is 1. The standard InChI is InChI=1S/C17H30N2O3/c1-12-6-5-9-19(15(12)11-20)16(21)10-13(2)18-17(22)14-7-3-4-8-14/h12-15,20H,3-11H2,1-2H3,(H,18,22). The van der Waals surface area contributed by atoms with Crippen LogP contribution in [0.1, 0.15) is 58.8 Å². The smallest absolute Gasteiger partial charge is 0.224 e. The van der Waals surface area contributed by atoms with E-state index in [0.717, 1.165) is 45.1 Å². The van der Waals surface area contributed by atoms with Crippen molar-refractivity contribution < 1.29 is 14.7 Å². The van der Waals surface area contributed by atoms with Crippen LogP contribution in [0.2, 0.25) is 0 Å². The van der Waals surface area contributed by atoms with Crippen LogP contribution in [0.3, 0.4) is 0 Å². The van der Waals surface area contributed by atoms with Crippen molar-refractivity contribution in [2.24, 2.45) is 11.8 Å². The molecule has 2 aliphatic rings. The third-order valence-corrected chi connectivity index (χ3v) is 5.22. The first-order chi connectivity index (χ1) is 10.5. The summed E-state index contributed by atoms with van der Waals surface area (Å²) >= 11 is 0. The normalized spacial score (nSPS) is 27.7. The van der Waals surface area contributed by atoms with Crippen LogP contribution in [0.4, 0.5) is 0 Å². The van der Waals surface area contributed by atoms with E-state index >= 15 is 0 Å². The lowest BCUT2D eigenvalue weighted by Gasteiger charge is -2.39. The van der Waals surface area contributed by atoms with E-state index in [1.54, 1.807) is 0 Å². The summed E-state index contributed by atoms with van der Waals surface area (Å²) in [5.74, 6) is 0.622. The van der Waals surface area contributed by atoms with Crippen LogP contribution in [0.25, 0.3) is 0 Å². The molecule has 0 radical (unpaired) electrons. The van der Waals surface area contributed by atoms with Crippen LogP contribution >= 0.6 is 0 Å². The highest BCUT2D eigenvalue weighted by molar-refractivity contribution is 5.81. The number of piperidine rings is 1. The maximum absolute atomic E-state index is 12.5. The van der Waals surface area contributed by atoms with Gasteiger partial charge in [0.1, 0.15) is 0 Å². The van der Waals surface area contributed by atoms with E-state index < -0.39 is 0 Å². The van der Waals surface area contributed by atoms with Gasteiger partial charge in [-0.3, -0.25) is 9.59 Å². The van der Waals surface area contributed by atoms with Gasteiger partial charge in [-0.1, -0.05) is 19.8 Å². The molecule has 2 amide bonds. The number of likely N-dealkylation sites (tertiary alicyclic amines) is 1. The second-order valence-electron chi connectivity index (χ2n) is 7.05. The van der Waals surface area contributed by atoms with Gasteiger partial charge in [-0.05, 0) is 38.5 Å². The van der Waals surface area contributed by atoms with Crippen LogP contribution in [0.5, 0.6) is 0 Å². The molecule has 1 heterocycles. The van der Waals surface area contributed by atoms with E-state index in [4.69, 9.17) is 0 Å². The molecule has 1 aliphatic heterocycles. The zero-order chi connectivity index (χ0) is 16.1. The number of hydrogen-bond acceptors (Lipinski definition) is 3. The molecule has 1 saturated heterocycles. The van der Waals surface area contributed by atoms with Crippen LogP contribution in [0.15, 0.2) is 0 Å². The van der Waals surface area contributed by atoms with Crippen molar-refractivity contribution in [3.05, 3.63) is 0 Å². The third-order valence-electron chi connectivity index (χ3n) is 5.22. The van der Waals surface area contributed by atoms with Gasteiger partial charge >= 0.3 is 0 Å². The minimum Gasteiger partial charge on any atom is -0.394 e. The molecule has 2 fully saturated rings. The van der Waals surface area contributed by atoms with Crippen molar-refractivity contribution in [3.8, 4) is 0 Å². The Balaban J connectivity index is 1.83. The van der Waals surface area contributed by atoms with E-state index in [2.05, 4.69) is 12.2 Å². The molecule has 2 N–H and O–H groups in total. The van der Waals surface area contributed by atoms with Gasteiger partial charge in [-0.15, -0.1) is 0 Å². The lowest BCUT2D eigenvalue weighted by Crippen LogP contribution is -2.51. The lowest BCUT2D eigenvalue weighted by molar-refractivity contribution is -0.138. The van der Waals surface area contributed by atoms with E-state index in [1.165, 1.54) is 0 Å². The van der Waals surface area contributed by atoms with Crippen molar-refractivity contribution in [1.82, 2.24) is 10.2 Å². The zero-order valence-electron chi connectivity index (χ0n) is 13.9. The van der Waals surface area contributed by atoms with Gasteiger partial charge in [0.2, 0.25) is 11.8 Å². The van der Waals surface area contributed by atoms with Gasteiger partial charge in [0.25, 0.3) is 0 Å². The van der Waals surface area contributed by atoms with Crippen LogP contribution in [-0.4, -0.2) is 47.1 Å². The monoisotopic (exact) mass is 310 g/mol. The Morgan fingerprint density at radius 3 is 2.55 bits per heavy atom. The summed E-state index contributed by atoms with van der Waals surface area (Å²) in [6.07, 6.45) is 6.59. The van der Waals surface area contributed by atoms with Gasteiger partial charge in [0.05, 0.1) is 12.6 Å². The fourth-order valence-corrected chi connectivity index (χ4v) is 3.82. The Morgan fingerprint density at radius 1 is 1.23 bits per heavy atom. The number of rotatable bonds is 5. The van der Waals surface area contributed by atoms with Gasteiger partial charge < -0.3 is 15.3 Å². The molecule has 5 heteroatoms. The highest BCUT2D eigenvalue weighted by Crippen LogP contribution is 2.25. The second kappa shape index (κ2) is 7.95. The number of nitrogens with zero attached hydrogens (tertiary/aromatic N) is 1. The molecule has 3 unspecified atom stereocenters. The largest absolute Gasteiger partial charge is 0.394 e. The molecular weight excluding hydrogens is 280 g/mol. The van der Waals surface area contributed by atoms with Crippen LogP contribution < -0.4 is 5.32 Å². The second-order valence-corrected chi connectivity index (χ2v) is 7.05. The van der Waals surface area contributed by atoms with E-state index in [0.29, 0.717) is 12.3 Å². The van der Waals surface area contributed by atoms with Gasteiger partial charge in [-0.2, -0.15) is 0 Å². The molecule has 0 aromatic carbocycles. The Morgan fingerprint density at radius 2 is 1.91 bits per heavy atom. The van der Waals surface area contributed by atoms with Crippen LogP contribution in [-0.2, 0) is 9.59 Å². The molecule has 1 saturated carbocycles. The minimum absolute atomic E-state index is 0.0235. The van der Waals surface area contributed by atoms with Gasteiger partial charge in [0, 0.05) is 24.9 Å². The van der Waals surface area contributed by atoms with Crippen LogP contribution in [0, 0.1) is 11.8 Å². The fraction of sp³-hybridized carbons (Fsp3) is 0.882. The number of hydrogen-bond donors (Lipinski definition) is 2. The molecule has 0 aromatic heterocycles. The minimum atomic E-state index is -0.142. The molecule has 126 valence electrons. The third kappa shape index (κ3) is 4.22. The Kier molecular flexibility index (Phi) is 6.24. The molecule has 0 bridgehead atoms. The van der Waals surface area contributed by atoms with Crippen molar-refractivity contribution in [2.75, 3.05) is 13.2 Å². The highest BCUT2D eigenvalue weighted by Gasteiger charge is 2.32. The molecule has 3 atom stereocenters. The number of aliphatic hydroxyl groups excluding tert-OH is 1. The summed E-state index contributed by atoms with van der Waals surface area (Å²) in [6, 6.07) is -0.212. The topological polar surface area (TPSA) is 69.6 Å². The van der Waals surface area contributed by atoms with E-state index in [9.17, 15) is 14.7 Å². The summed E-state index contributed by atoms with van der Waals surface area (Å²) in [7, 11) is 0. The van der Waals surface area contributed by atoms with Crippen molar-refractivity contribution in [3.63, 3.8) is 0 Å². The summed E-state index contributed by atoms with van der Waals surface area (Å²) in [6.45, 7) is 4.73. The predicted molar refractivity (Wildman–Crippen MR) is 85.2 cm³/mol. The zero-order valence-corrected chi connectivity index (χ0v) is 13.9. The van der Waals surface area contributed by atoms with E-state index in [-0.39, 0.29) is 36.4 Å². The SMILES string of the molecule is CC(CC(=O)N1CCCC(C)C1CO)NC(=O)C1CCCC1. The molecule has 1 aliphatic carbocycles. The van der Waals surface area contributed by atoms with Crippen molar-refractivity contribution in [2.45, 2.75) is 70.9 Å². The maximum Gasteiger partial charge on any atom is 0.224 e. The number of nitrogens with one attached hydrogen (secondary N) is 1. The Labute approximate surface area is 133 Å². The van der Waals surface area contributed by atoms with Gasteiger partial charge in [-0.25, -0.2) is 0 Å². The molecule has 0 aromatic rings. The van der Waals surface area contributed by atoms with Crippen molar-refractivity contribution in [1.29, 1.82) is 0 Å². The average Bonchev–Trinajstić information content (AvgIpc) is 3.01. The highest BCUT2D eigenvalue weighted by atomic mass is 16.3. The predicted octanol–water partition coefficient (Wildman–Crippen LogP) is 1.69. The lowest BCUT2D eigenvalue weighted by atomic mass is 9.91. The Hall–Kier alpha value is -1.10. The van der Waals surface area contributed by atoms with Crippen molar-refractivity contribution >= 4 is 11.8 Å². The molecule has 0 spiro atoms. The summed E-state index contributed by atoms with van der Waals surface area (Å²) < 4.78 is 0. The molecular formula is C17H30N2O3. The summed E-state index contributed by atoms with van der Waals surface area (Å²) in [5.41, 5.74) is 0. The van der Waals surface area contributed by atoms with Gasteiger partial charge in [0.15, 0.2) is 0 Å². The number of carbonyl (C=O) groups excluding carboxylic acids is 2. The number of amides is 2. The maximum atomic E-state index is 12.5. The van der Waals surface area contributed by atoms with E-state index in [1.807, 2.05) is 11.8 Å². The quantitative estimate of drug-likeness (QED) is 0.812. The first-order valence-electron chi connectivity index (χ1n) is 8.73. The average molecular weight is 310 g/mol. The molecule has 2 rings (SSSR count).